The molecule has 5 rings (SSSR count). The molecule has 19 heteroatoms. The summed E-state index contributed by atoms with van der Waals surface area (Å²) in [7, 11) is -8.55. The zero-order valence-corrected chi connectivity index (χ0v) is 28.9. The second-order valence-corrected chi connectivity index (χ2v) is 12.5. The first-order valence-corrected chi connectivity index (χ1v) is 17.6. The third-order valence-corrected chi connectivity index (χ3v) is 7.78. The van der Waals surface area contributed by atoms with Crippen molar-refractivity contribution < 1.29 is 76.4 Å². The number of hydrogen-bond acceptors (Lipinski definition) is 15. The molecule has 3 aromatic carbocycles. The SMILES string of the molecule is CCOC(=O)c1c(C)oc2cc(OCc3cccc(OS(=O)(=O)O)c3)c(OCc3oc4cc(OC)c(OS(=O)(=O)O)cc4c3C(=O)OCC)cc12. The van der Waals surface area contributed by atoms with E-state index in [1.807, 2.05) is 0 Å². The molecule has 2 heterocycles. The highest BCUT2D eigenvalue weighted by atomic mass is 32.3. The van der Waals surface area contributed by atoms with Crippen LogP contribution in [0.3, 0.4) is 0 Å². The van der Waals surface area contributed by atoms with E-state index in [2.05, 4.69) is 8.37 Å². The average Bonchev–Trinajstić information content (AvgIpc) is 3.56. The highest BCUT2D eigenvalue weighted by Crippen LogP contribution is 2.40. The van der Waals surface area contributed by atoms with Crippen LogP contribution < -0.4 is 22.6 Å². The van der Waals surface area contributed by atoms with Crippen LogP contribution in [0.25, 0.3) is 21.9 Å². The molecule has 0 aliphatic rings. The lowest BCUT2D eigenvalue weighted by molar-refractivity contribution is 0.0514. The number of rotatable bonds is 15. The van der Waals surface area contributed by atoms with E-state index in [-0.39, 0.29) is 82.0 Å². The average molecular weight is 751 g/mol. The highest BCUT2D eigenvalue weighted by Gasteiger charge is 2.27. The van der Waals surface area contributed by atoms with Crippen molar-refractivity contribution in [1.29, 1.82) is 0 Å². The molecule has 2 N–H and O–H groups in total. The number of ether oxygens (including phenoxy) is 5. The molecule has 0 aliphatic heterocycles. The van der Waals surface area contributed by atoms with Gasteiger partial charge in [0.15, 0.2) is 28.8 Å². The number of aryl methyl sites for hydroxylation is 1. The fourth-order valence-corrected chi connectivity index (χ4v) is 5.75. The Kier molecular flexibility index (Phi) is 10.7. The molecule has 17 nitrogen and oxygen atoms in total. The third kappa shape index (κ3) is 8.63. The molecule has 2 aromatic heterocycles. The summed E-state index contributed by atoms with van der Waals surface area (Å²) in [6, 6.07) is 11.0. The molecule has 272 valence electrons. The number of fused-ring (bicyclic) bond motifs is 2. The van der Waals surface area contributed by atoms with Gasteiger partial charge in [-0.15, -0.1) is 0 Å². The third-order valence-electron chi connectivity index (χ3n) is 6.98. The van der Waals surface area contributed by atoms with Crippen molar-refractivity contribution in [2.75, 3.05) is 20.3 Å². The molecule has 0 saturated carbocycles. The molecule has 51 heavy (non-hydrogen) atoms. The minimum Gasteiger partial charge on any atom is -0.493 e. The fraction of sp³-hybridized carbons (Fsp3) is 0.250. The van der Waals surface area contributed by atoms with Crippen molar-refractivity contribution in [3.63, 3.8) is 0 Å². The summed E-state index contributed by atoms with van der Waals surface area (Å²) >= 11 is 0. The summed E-state index contributed by atoms with van der Waals surface area (Å²) in [4.78, 5) is 26.0. The van der Waals surface area contributed by atoms with E-state index in [4.69, 9.17) is 37.1 Å². The van der Waals surface area contributed by atoms with E-state index in [9.17, 15) is 31.0 Å². The summed E-state index contributed by atoms with van der Waals surface area (Å²) in [6.07, 6.45) is 0. The summed E-state index contributed by atoms with van der Waals surface area (Å²) in [5, 5.41) is 0.351. The number of benzene rings is 3. The van der Waals surface area contributed by atoms with E-state index in [1.165, 1.54) is 43.5 Å². The minimum absolute atomic E-state index is 0.0298. The maximum atomic E-state index is 13.2. The van der Waals surface area contributed by atoms with Gasteiger partial charge in [0.25, 0.3) is 0 Å². The van der Waals surface area contributed by atoms with Crippen LogP contribution in [0.4, 0.5) is 0 Å². The van der Waals surface area contributed by atoms with Crippen molar-refractivity contribution in [3.8, 4) is 28.7 Å². The van der Waals surface area contributed by atoms with Crippen LogP contribution in [0.1, 0.15) is 51.6 Å². The van der Waals surface area contributed by atoms with Gasteiger partial charge in [0.05, 0.1) is 20.3 Å². The molecule has 0 unspecified atom stereocenters. The van der Waals surface area contributed by atoms with Gasteiger partial charge in [-0.25, -0.2) is 9.59 Å². The molecular formula is C32H30O17S2. The lowest BCUT2D eigenvalue weighted by Crippen LogP contribution is -2.09. The van der Waals surface area contributed by atoms with E-state index in [0.717, 1.165) is 6.07 Å². The standard InChI is InChI=1S/C32H30O17S2/c1-5-42-31(33)29-17(3)46-22-14-26(44-15-18-8-7-9-19(10-18)48-50(35,36)37)25(11-20(22)29)45-16-28-30(32(34)43-6-2)21-12-27(49-51(38,39)40)24(41-4)13-23(21)47-28/h7-14H,5-6,15-16H2,1-4H3,(H,35,36,37)(H,38,39,40). The zero-order chi connectivity index (χ0) is 37.1. The van der Waals surface area contributed by atoms with E-state index in [1.54, 1.807) is 26.8 Å². The van der Waals surface area contributed by atoms with Crippen LogP contribution in [0, 0.1) is 6.92 Å². The fourth-order valence-electron chi connectivity index (χ4n) is 5.04. The Morgan fingerprint density at radius 1 is 0.706 bits per heavy atom. The summed E-state index contributed by atoms with van der Waals surface area (Å²) in [5.74, 6) is -2.00. The van der Waals surface area contributed by atoms with Crippen molar-refractivity contribution in [1.82, 2.24) is 0 Å². The number of furan rings is 2. The van der Waals surface area contributed by atoms with E-state index < -0.39 is 45.1 Å². The van der Waals surface area contributed by atoms with Crippen LogP contribution in [0.15, 0.2) is 57.4 Å². The Morgan fingerprint density at radius 2 is 1.27 bits per heavy atom. The van der Waals surface area contributed by atoms with Crippen LogP contribution in [0.5, 0.6) is 28.7 Å². The Morgan fingerprint density at radius 3 is 1.92 bits per heavy atom. The van der Waals surface area contributed by atoms with Crippen LogP contribution >= 0.6 is 0 Å². The Balaban J connectivity index is 1.57. The van der Waals surface area contributed by atoms with Crippen LogP contribution in [-0.2, 0) is 43.5 Å². The first-order valence-electron chi connectivity index (χ1n) is 14.8. The van der Waals surface area contributed by atoms with Crippen molar-refractivity contribution in [3.05, 3.63) is 76.7 Å². The normalized spacial score (nSPS) is 11.7. The molecule has 5 aromatic rings. The smallest absolute Gasteiger partial charge is 0.446 e. The van der Waals surface area contributed by atoms with Gasteiger partial charge in [0, 0.05) is 22.9 Å². The van der Waals surface area contributed by atoms with Crippen LogP contribution in [-0.4, -0.2) is 58.2 Å². The van der Waals surface area contributed by atoms with Crippen molar-refractivity contribution in [2.45, 2.75) is 34.0 Å². The Labute approximate surface area is 290 Å². The molecule has 0 atom stereocenters. The van der Waals surface area contributed by atoms with Gasteiger partial charge < -0.3 is 40.9 Å². The first kappa shape index (κ1) is 36.8. The second kappa shape index (κ2) is 14.8. The predicted molar refractivity (Wildman–Crippen MR) is 175 cm³/mol. The number of carbonyl (C=O) groups excluding carboxylic acids is 2. The number of esters is 2. The van der Waals surface area contributed by atoms with Gasteiger partial charge in [-0.1, -0.05) is 12.1 Å². The Bertz CT molecular complexity index is 2340. The summed E-state index contributed by atoms with van der Waals surface area (Å²) in [5.41, 5.74) is 0.678. The van der Waals surface area contributed by atoms with Crippen molar-refractivity contribution >= 4 is 54.7 Å². The Hall–Kier alpha value is -5.50. The summed E-state index contributed by atoms with van der Waals surface area (Å²) in [6.45, 7) is 4.23. The lowest BCUT2D eigenvalue weighted by Gasteiger charge is -2.14. The second-order valence-electron chi connectivity index (χ2n) is 10.4. The van der Waals surface area contributed by atoms with Gasteiger partial charge in [-0.3, -0.25) is 9.11 Å². The quantitative estimate of drug-likeness (QED) is 0.101. The molecular weight excluding hydrogens is 720 g/mol. The van der Waals surface area contributed by atoms with Gasteiger partial charge in [-0.05, 0) is 50.6 Å². The molecule has 0 aliphatic carbocycles. The molecule has 0 radical (unpaired) electrons. The predicted octanol–water partition coefficient (Wildman–Crippen LogP) is 5.37. The number of methoxy groups -OCH3 is 1. The molecule has 0 saturated heterocycles. The molecule has 0 amide bonds. The summed E-state index contributed by atoms with van der Waals surface area (Å²) < 4.78 is 112. The van der Waals surface area contributed by atoms with Gasteiger partial charge in [0.2, 0.25) is 0 Å². The maximum absolute atomic E-state index is 13.2. The monoisotopic (exact) mass is 750 g/mol. The minimum atomic E-state index is -4.98. The van der Waals surface area contributed by atoms with Crippen LogP contribution in [0.2, 0.25) is 0 Å². The van der Waals surface area contributed by atoms with E-state index in [0.29, 0.717) is 10.9 Å². The van der Waals surface area contributed by atoms with E-state index >= 15 is 0 Å². The van der Waals surface area contributed by atoms with Gasteiger partial charge >= 0.3 is 32.7 Å². The molecule has 0 bridgehead atoms. The lowest BCUT2D eigenvalue weighted by atomic mass is 10.1. The zero-order valence-electron chi connectivity index (χ0n) is 27.3. The maximum Gasteiger partial charge on any atom is 0.446 e. The largest absolute Gasteiger partial charge is 0.493 e. The molecule has 0 spiro atoms. The van der Waals surface area contributed by atoms with Gasteiger partial charge in [0.1, 0.15) is 47.0 Å². The van der Waals surface area contributed by atoms with Crippen molar-refractivity contribution in [2.24, 2.45) is 0 Å². The number of carbonyl (C=O) groups is 2. The molecule has 0 fully saturated rings. The number of hydrogen-bond donors (Lipinski definition) is 2. The topological polar surface area (TPSA) is 234 Å². The first-order chi connectivity index (χ1) is 24.1. The highest BCUT2D eigenvalue weighted by molar-refractivity contribution is 7.81. The van der Waals surface area contributed by atoms with Gasteiger partial charge in [-0.2, -0.15) is 16.8 Å².